The highest BCUT2D eigenvalue weighted by molar-refractivity contribution is 9.10. The first kappa shape index (κ1) is 15.3. The lowest BCUT2D eigenvalue weighted by Gasteiger charge is -2.07. The fourth-order valence-corrected chi connectivity index (χ4v) is 1.95. The average molecular weight is 347 g/mol. The molecule has 0 heterocycles. The van der Waals surface area contributed by atoms with Gasteiger partial charge in [-0.1, -0.05) is 40.2 Å². The second-order valence-electron chi connectivity index (χ2n) is 4.34. The van der Waals surface area contributed by atoms with Gasteiger partial charge in [0.25, 0.3) is 0 Å². The third-order valence-electron chi connectivity index (χ3n) is 2.79. The summed E-state index contributed by atoms with van der Waals surface area (Å²) in [4.78, 5) is 11.1. The number of carbonyl (C=O) groups is 1. The lowest BCUT2D eigenvalue weighted by Crippen LogP contribution is -1.95. The van der Waals surface area contributed by atoms with Gasteiger partial charge in [-0.2, -0.15) is 0 Å². The summed E-state index contributed by atoms with van der Waals surface area (Å²) in [5.74, 6) is 0.376. The van der Waals surface area contributed by atoms with E-state index in [4.69, 9.17) is 4.74 Å². The summed E-state index contributed by atoms with van der Waals surface area (Å²) in [6.45, 7) is 0.497. The van der Waals surface area contributed by atoms with E-state index in [1.807, 2.05) is 48.5 Å². The van der Waals surface area contributed by atoms with E-state index < -0.39 is 0 Å². The van der Waals surface area contributed by atoms with Gasteiger partial charge in [0, 0.05) is 10.5 Å². The maximum Gasteiger partial charge on any atom is 0.330 e. The number of hydrogen-bond donors (Lipinski definition) is 0. The molecule has 3 nitrogen and oxygen atoms in total. The fourth-order valence-electron chi connectivity index (χ4n) is 1.69. The van der Waals surface area contributed by atoms with Crippen molar-refractivity contribution in [1.29, 1.82) is 0 Å². The second-order valence-corrected chi connectivity index (χ2v) is 5.26. The SMILES string of the molecule is COC(=O)C=Cc1cccc(OCc2ccc(Br)cc2)c1. The van der Waals surface area contributed by atoms with Crippen molar-refractivity contribution in [2.75, 3.05) is 7.11 Å². The van der Waals surface area contributed by atoms with Crippen LogP contribution in [0.25, 0.3) is 6.08 Å². The predicted molar refractivity (Wildman–Crippen MR) is 86.0 cm³/mol. The summed E-state index contributed by atoms with van der Waals surface area (Å²) in [5.41, 5.74) is 1.97. The molecule has 0 radical (unpaired) electrons. The van der Waals surface area contributed by atoms with E-state index in [-0.39, 0.29) is 5.97 Å². The van der Waals surface area contributed by atoms with Crippen molar-refractivity contribution in [2.24, 2.45) is 0 Å². The topological polar surface area (TPSA) is 35.5 Å². The van der Waals surface area contributed by atoms with E-state index in [9.17, 15) is 4.79 Å². The Morgan fingerprint density at radius 3 is 2.67 bits per heavy atom. The summed E-state index contributed by atoms with van der Waals surface area (Å²) in [5, 5.41) is 0. The second kappa shape index (κ2) is 7.64. The normalized spacial score (nSPS) is 10.6. The van der Waals surface area contributed by atoms with Gasteiger partial charge < -0.3 is 9.47 Å². The molecule has 108 valence electrons. The van der Waals surface area contributed by atoms with Crippen molar-refractivity contribution in [3.63, 3.8) is 0 Å². The molecule has 0 aliphatic heterocycles. The number of rotatable bonds is 5. The van der Waals surface area contributed by atoms with Gasteiger partial charge in [0.2, 0.25) is 0 Å². The third kappa shape index (κ3) is 5.08. The average Bonchev–Trinajstić information content (AvgIpc) is 2.52. The summed E-state index contributed by atoms with van der Waals surface area (Å²) < 4.78 is 11.3. The zero-order valence-corrected chi connectivity index (χ0v) is 13.2. The van der Waals surface area contributed by atoms with E-state index in [1.54, 1.807) is 6.08 Å². The quantitative estimate of drug-likeness (QED) is 0.600. The van der Waals surface area contributed by atoms with Crippen LogP contribution in [-0.2, 0) is 16.1 Å². The minimum atomic E-state index is -0.379. The van der Waals surface area contributed by atoms with Crippen molar-refractivity contribution in [3.8, 4) is 5.75 Å². The Balaban J connectivity index is 1.99. The molecule has 4 heteroatoms. The molecule has 2 aromatic carbocycles. The zero-order valence-electron chi connectivity index (χ0n) is 11.6. The van der Waals surface area contributed by atoms with E-state index in [2.05, 4.69) is 20.7 Å². The number of halogens is 1. The summed E-state index contributed by atoms with van der Waals surface area (Å²) in [7, 11) is 1.35. The number of hydrogen-bond acceptors (Lipinski definition) is 3. The van der Waals surface area contributed by atoms with Gasteiger partial charge >= 0.3 is 5.97 Å². The molecule has 0 aromatic heterocycles. The molecular weight excluding hydrogens is 332 g/mol. The van der Waals surface area contributed by atoms with Crippen LogP contribution < -0.4 is 4.74 Å². The van der Waals surface area contributed by atoms with E-state index in [0.717, 1.165) is 21.3 Å². The van der Waals surface area contributed by atoms with E-state index in [1.165, 1.54) is 13.2 Å². The van der Waals surface area contributed by atoms with Crippen LogP contribution in [0.2, 0.25) is 0 Å². The molecule has 0 bridgehead atoms. The Bertz CT molecular complexity index is 633. The molecule has 0 atom stereocenters. The third-order valence-corrected chi connectivity index (χ3v) is 3.32. The van der Waals surface area contributed by atoms with Crippen LogP contribution >= 0.6 is 15.9 Å². The van der Waals surface area contributed by atoms with Crippen LogP contribution in [0.4, 0.5) is 0 Å². The first-order valence-electron chi connectivity index (χ1n) is 6.41. The Kier molecular flexibility index (Phi) is 5.58. The van der Waals surface area contributed by atoms with Gasteiger partial charge in [-0.3, -0.25) is 0 Å². The molecule has 0 saturated heterocycles. The molecule has 2 aromatic rings. The molecule has 0 N–H and O–H groups in total. The first-order chi connectivity index (χ1) is 10.2. The molecule has 0 saturated carbocycles. The van der Waals surface area contributed by atoms with E-state index >= 15 is 0 Å². The molecule has 21 heavy (non-hydrogen) atoms. The van der Waals surface area contributed by atoms with Crippen molar-refractivity contribution < 1.29 is 14.3 Å². The number of carbonyl (C=O) groups excluding carboxylic acids is 1. The highest BCUT2D eigenvalue weighted by Crippen LogP contribution is 2.17. The molecule has 0 unspecified atom stereocenters. The number of benzene rings is 2. The number of methoxy groups -OCH3 is 1. The minimum absolute atomic E-state index is 0.379. The highest BCUT2D eigenvalue weighted by Gasteiger charge is 1.98. The zero-order chi connectivity index (χ0) is 15.1. The fraction of sp³-hybridized carbons (Fsp3) is 0.118. The lowest BCUT2D eigenvalue weighted by atomic mass is 10.2. The summed E-state index contributed by atoms with van der Waals surface area (Å²) in [6, 6.07) is 15.5. The summed E-state index contributed by atoms with van der Waals surface area (Å²) >= 11 is 3.40. The standard InChI is InChI=1S/C17H15BrO3/c1-20-17(19)10-7-13-3-2-4-16(11-13)21-12-14-5-8-15(18)9-6-14/h2-11H,12H2,1H3. The Labute approximate surface area is 132 Å². The Morgan fingerprint density at radius 1 is 1.19 bits per heavy atom. The molecule has 0 aliphatic carbocycles. The molecular formula is C17H15BrO3. The van der Waals surface area contributed by atoms with Gasteiger partial charge in [-0.15, -0.1) is 0 Å². The van der Waals surface area contributed by atoms with Crippen molar-refractivity contribution in [3.05, 3.63) is 70.2 Å². The van der Waals surface area contributed by atoms with Crippen LogP contribution in [-0.4, -0.2) is 13.1 Å². The van der Waals surface area contributed by atoms with Gasteiger partial charge in [0.05, 0.1) is 7.11 Å². The molecule has 0 aliphatic rings. The number of ether oxygens (including phenoxy) is 2. The van der Waals surface area contributed by atoms with Crippen LogP contribution in [0.15, 0.2) is 59.1 Å². The van der Waals surface area contributed by atoms with E-state index in [0.29, 0.717) is 6.61 Å². The van der Waals surface area contributed by atoms with Crippen molar-refractivity contribution in [2.45, 2.75) is 6.61 Å². The van der Waals surface area contributed by atoms with Crippen LogP contribution in [0.3, 0.4) is 0 Å². The Morgan fingerprint density at radius 2 is 1.95 bits per heavy atom. The van der Waals surface area contributed by atoms with Crippen molar-refractivity contribution >= 4 is 28.0 Å². The highest BCUT2D eigenvalue weighted by atomic mass is 79.9. The molecule has 0 fully saturated rings. The lowest BCUT2D eigenvalue weighted by molar-refractivity contribution is -0.134. The molecule has 2 rings (SSSR count). The van der Waals surface area contributed by atoms with Crippen LogP contribution in [0.1, 0.15) is 11.1 Å². The summed E-state index contributed by atoms with van der Waals surface area (Å²) in [6.07, 6.45) is 3.08. The van der Waals surface area contributed by atoms with Gasteiger partial charge in [0.15, 0.2) is 0 Å². The first-order valence-corrected chi connectivity index (χ1v) is 7.20. The maximum absolute atomic E-state index is 11.1. The van der Waals surface area contributed by atoms with Crippen molar-refractivity contribution in [1.82, 2.24) is 0 Å². The Hall–Kier alpha value is -2.07. The smallest absolute Gasteiger partial charge is 0.330 e. The number of esters is 1. The predicted octanol–water partition coefficient (Wildman–Crippen LogP) is 4.21. The monoisotopic (exact) mass is 346 g/mol. The largest absolute Gasteiger partial charge is 0.489 e. The van der Waals surface area contributed by atoms with Gasteiger partial charge in [-0.05, 0) is 41.5 Å². The van der Waals surface area contributed by atoms with Gasteiger partial charge in [-0.25, -0.2) is 4.79 Å². The maximum atomic E-state index is 11.1. The molecule has 0 amide bonds. The van der Waals surface area contributed by atoms with Crippen LogP contribution in [0.5, 0.6) is 5.75 Å². The molecule has 0 spiro atoms. The minimum Gasteiger partial charge on any atom is -0.489 e. The van der Waals surface area contributed by atoms with Crippen LogP contribution in [0, 0.1) is 0 Å². The van der Waals surface area contributed by atoms with Gasteiger partial charge in [0.1, 0.15) is 12.4 Å².